The predicted octanol–water partition coefficient (Wildman–Crippen LogP) is 1.05. The second-order valence-corrected chi connectivity index (χ2v) is 2.14. The van der Waals surface area contributed by atoms with Crippen LogP contribution < -0.4 is 5.73 Å². The van der Waals surface area contributed by atoms with E-state index in [9.17, 15) is 10.1 Å². The Hall–Kier alpha value is -2.09. The lowest BCUT2D eigenvalue weighted by Gasteiger charge is -1.95. The van der Waals surface area contributed by atoms with Crippen molar-refractivity contribution in [3.8, 4) is 6.07 Å². The molecule has 0 heterocycles. The molecule has 2 N–H and O–H groups in total. The number of anilines is 1. The summed E-state index contributed by atoms with van der Waals surface area (Å²) >= 11 is 0. The normalized spacial score (nSPS) is 8.92. The number of hydrogen-bond acceptors (Lipinski definition) is 4. The van der Waals surface area contributed by atoms with E-state index in [1.807, 2.05) is 6.07 Å². The molecule has 0 aliphatic rings. The van der Waals surface area contributed by atoms with Crippen molar-refractivity contribution in [1.82, 2.24) is 0 Å². The van der Waals surface area contributed by atoms with Crippen molar-refractivity contribution in [2.24, 2.45) is 0 Å². The zero-order valence-corrected chi connectivity index (χ0v) is 6.02. The van der Waals surface area contributed by atoms with Crippen molar-refractivity contribution in [3.63, 3.8) is 0 Å². The number of nitriles is 1. The van der Waals surface area contributed by atoms with E-state index in [2.05, 4.69) is 0 Å². The zero-order chi connectivity index (χ0) is 9.14. The number of nitrogens with two attached hydrogens (primary N) is 1. The van der Waals surface area contributed by atoms with E-state index in [-0.39, 0.29) is 11.4 Å². The molecular formula is C7H5N3O2. The second kappa shape index (κ2) is 2.88. The van der Waals surface area contributed by atoms with E-state index in [1.165, 1.54) is 18.2 Å². The molecule has 60 valence electrons. The van der Waals surface area contributed by atoms with E-state index in [0.717, 1.165) is 0 Å². The van der Waals surface area contributed by atoms with Crippen molar-refractivity contribution >= 4 is 11.4 Å². The molecule has 5 heteroatoms. The highest BCUT2D eigenvalue weighted by Crippen LogP contribution is 2.21. The van der Waals surface area contributed by atoms with Crippen LogP contribution in [0.1, 0.15) is 5.56 Å². The van der Waals surface area contributed by atoms with Crippen LogP contribution in [0.25, 0.3) is 0 Å². The Morgan fingerprint density at radius 3 is 2.67 bits per heavy atom. The quantitative estimate of drug-likeness (QED) is 0.380. The Morgan fingerprint density at radius 2 is 2.25 bits per heavy atom. The highest BCUT2D eigenvalue weighted by molar-refractivity contribution is 5.60. The number of nitrogens with zero attached hydrogens (tertiary/aromatic N) is 2. The van der Waals surface area contributed by atoms with Crippen LogP contribution in [0.3, 0.4) is 0 Å². The zero-order valence-electron chi connectivity index (χ0n) is 6.02. The first-order valence-corrected chi connectivity index (χ1v) is 3.09. The maximum atomic E-state index is 10.3. The topological polar surface area (TPSA) is 92.9 Å². The van der Waals surface area contributed by atoms with E-state index >= 15 is 0 Å². The van der Waals surface area contributed by atoms with Gasteiger partial charge in [-0.15, -0.1) is 0 Å². The predicted molar refractivity (Wildman–Crippen MR) is 42.2 cm³/mol. The fraction of sp³-hybridized carbons (Fsp3) is 0. The molecule has 0 bridgehead atoms. The minimum absolute atomic E-state index is 0.0130. The first-order valence-electron chi connectivity index (χ1n) is 3.09. The smallest absolute Gasteiger partial charge is 0.292 e. The van der Waals surface area contributed by atoms with E-state index in [4.69, 9.17) is 11.0 Å². The average Bonchev–Trinajstić information content (AvgIpc) is 2.03. The van der Waals surface area contributed by atoms with Gasteiger partial charge in [-0.2, -0.15) is 5.26 Å². The van der Waals surface area contributed by atoms with Gasteiger partial charge >= 0.3 is 0 Å². The molecule has 0 atom stereocenters. The van der Waals surface area contributed by atoms with Crippen LogP contribution in [0.4, 0.5) is 11.4 Å². The molecule has 0 amide bonds. The Kier molecular flexibility index (Phi) is 1.92. The van der Waals surface area contributed by atoms with Crippen molar-refractivity contribution in [2.75, 3.05) is 5.73 Å². The first kappa shape index (κ1) is 8.01. The van der Waals surface area contributed by atoms with Crippen molar-refractivity contribution in [2.45, 2.75) is 0 Å². The van der Waals surface area contributed by atoms with Gasteiger partial charge in [-0.3, -0.25) is 10.1 Å². The van der Waals surface area contributed by atoms with Crippen molar-refractivity contribution in [3.05, 3.63) is 33.9 Å². The summed E-state index contributed by atoms with van der Waals surface area (Å²) in [5, 5.41) is 18.7. The number of nitrogen functional groups attached to an aromatic ring is 1. The number of hydrogen-bond donors (Lipinski definition) is 1. The monoisotopic (exact) mass is 163 g/mol. The maximum absolute atomic E-state index is 10.3. The fourth-order valence-corrected chi connectivity index (χ4v) is 0.790. The summed E-state index contributed by atoms with van der Waals surface area (Å²) < 4.78 is 0. The third-order valence-corrected chi connectivity index (χ3v) is 1.35. The van der Waals surface area contributed by atoms with E-state index in [1.54, 1.807) is 0 Å². The van der Waals surface area contributed by atoms with Gasteiger partial charge in [0, 0.05) is 6.07 Å². The first-order chi connectivity index (χ1) is 5.65. The average molecular weight is 163 g/mol. The molecule has 0 unspecified atom stereocenters. The maximum Gasteiger partial charge on any atom is 0.292 e. The molecule has 0 aliphatic carbocycles. The van der Waals surface area contributed by atoms with Gasteiger partial charge in [-0.1, -0.05) is 0 Å². The van der Waals surface area contributed by atoms with Gasteiger partial charge in [0.05, 0.1) is 16.6 Å². The Balaban J connectivity index is 3.23. The lowest BCUT2D eigenvalue weighted by Crippen LogP contribution is -1.95. The van der Waals surface area contributed by atoms with Crippen LogP contribution in [0.5, 0.6) is 0 Å². The number of nitro groups is 1. The van der Waals surface area contributed by atoms with Crippen LogP contribution in [-0.4, -0.2) is 4.92 Å². The fourth-order valence-electron chi connectivity index (χ4n) is 0.790. The van der Waals surface area contributed by atoms with Gasteiger partial charge in [-0.05, 0) is 12.1 Å². The molecule has 0 aromatic heterocycles. The van der Waals surface area contributed by atoms with Crippen LogP contribution in [0.2, 0.25) is 0 Å². The molecule has 0 saturated heterocycles. The summed E-state index contributed by atoms with van der Waals surface area (Å²) in [6, 6.07) is 5.68. The van der Waals surface area contributed by atoms with Gasteiger partial charge in [0.15, 0.2) is 0 Å². The minimum Gasteiger partial charge on any atom is -0.393 e. The number of nitro benzene ring substituents is 1. The molecule has 0 fully saturated rings. The minimum atomic E-state index is -0.587. The lowest BCUT2D eigenvalue weighted by molar-refractivity contribution is -0.383. The summed E-state index contributed by atoms with van der Waals surface area (Å²) in [5.41, 5.74) is 5.46. The van der Waals surface area contributed by atoms with Crippen molar-refractivity contribution < 1.29 is 4.92 Å². The molecule has 1 rings (SSSR count). The lowest BCUT2D eigenvalue weighted by atomic mass is 10.2. The second-order valence-electron chi connectivity index (χ2n) is 2.14. The third kappa shape index (κ3) is 1.32. The molecule has 0 radical (unpaired) electrons. The summed E-state index contributed by atoms with van der Waals surface area (Å²) in [6.07, 6.45) is 0. The van der Waals surface area contributed by atoms with Crippen LogP contribution in [-0.2, 0) is 0 Å². The van der Waals surface area contributed by atoms with Crippen LogP contribution >= 0.6 is 0 Å². The van der Waals surface area contributed by atoms with E-state index in [0.29, 0.717) is 5.56 Å². The molecule has 0 spiro atoms. The largest absolute Gasteiger partial charge is 0.393 e. The third-order valence-electron chi connectivity index (χ3n) is 1.35. The van der Waals surface area contributed by atoms with Crippen LogP contribution in [0, 0.1) is 21.4 Å². The number of rotatable bonds is 1. The number of benzene rings is 1. The summed E-state index contributed by atoms with van der Waals surface area (Å²) in [6.45, 7) is 0. The molecule has 12 heavy (non-hydrogen) atoms. The van der Waals surface area contributed by atoms with Crippen molar-refractivity contribution in [1.29, 1.82) is 5.26 Å². The molecule has 0 saturated carbocycles. The SMILES string of the molecule is N#Cc1ccc([N+](=O)[O-])c(N)c1. The molecule has 0 aliphatic heterocycles. The summed E-state index contributed by atoms with van der Waals surface area (Å²) in [5.74, 6) is 0. The van der Waals surface area contributed by atoms with Gasteiger partial charge in [0.25, 0.3) is 5.69 Å². The molecule has 1 aromatic rings. The Bertz CT molecular complexity index is 367. The van der Waals surface area contributed by atoms with Gasteiger partial charge in [0.2, 0.25) is 0 Å². The highest BCUT2D eigenvalue weighted by atomic mass is 16.6. The highest BCUT2D eigenvalue weighted by Gasteiger charge is 2.10. The van der Waals surface area contributed by atoms with Gasteiger partial charge in [0.1, 0.15) is 5.69 Å². The summed E-state index contributed by atoms with van der Waals surface area (Å²) in [4.78, 5) is 9.68. The van der Waals surface area contributed by atoms with Crippen LogP contribution in [0.15, 0.2) is 18.2 Å². The standard InChI is InChI=1S/C7H5N3O2/c8-4-5-1-2-7(10(11)12)6(9)3-5/h1-3H,9H2. The molecule has 5 nitrogen and oxygen atoms in total. The molecule has 1 aromatic carbocycles. The molecular weight excluding hydrogens is 158 g/mol. The summed E-state index contributed by atoms with van der Waals surface area (Å²) in [7, 11) is 0. The van der Waals surface area contributed by atoms with E-state index < -0.39 is 4.92 Å². The Labute approximate surface area is 68.2 Å². The van der Waals surface area contributed by atoms with Gasteiger partial charge in [-0.25, -0.2) is 0 Å². The van der Waals surface area contributed by atoms with Gasteiger partial charge < -0.3 is 5.73 Å². The Morgan fingerprint density at radius 1 is 1.58 bits per heavy atom.